The van der Waals surface area contributed by atoms with Crippen molar-refractivity contribution in [3.63, 3.8) is 0 Å². The Morgan fingerprint density at radius 1 is 1.38 bits per heavy atom. The topological polar surface area (TPSA) is 54.2 Å². The number of aliphatic hydroxyl groups is 1. The van der Waals surface area contributed by atoms with Crippen LogP contribution >= 0.6 is 0 Å². The van der Waals surface area contributed by atoms with Crippen LogP contribution in [0.25, 0.3) is 0 Å². The molecule has 1 aromatic heterocycles. The molecule has 1 N–H and O–H groups in total. The van der Waals surface area contributed by atoms with Gasteiger partial charge >= 0.3 is 0 Å². The van der Waals surface area contributed by atoms with Crippen LogP contribution in [0.15, 0.2) is 6.20 Å². The molecule has 0 aliphatic heterocycles. The molecule has 1 heterocycles. The van der Waals surface area contributed by atoms with Crippen LogP contribution in [0.3, 0.4) is 0 Å². The summed E-state index contributed by atoms with van der Waals surface area (Å²) in [5, 5.41) is 17.6. The van der Waals surface area contributed by atoms with Crippen LogP contribution in [0.4, 0.5) is 0 Å². The Kier molecular flexibility index (Phi) is 5.42. The number of hydrogen-bond donors (Lipinski definition) is 1. The van der Waals surface area contributed by atoms with Crippen molar-refractivity contribution in [2.75, 3.05) is 19.6 Å². The number of aromatic nitrogens is 3. The monoisotopic (exact) mass is 226 g/mol. The summed E-state index contributed by atoms with van der Waals surface area (Å²) in [6, 6.07) is 0. The van der Waals surface area contributed by atoms with Crippen molar-refractivity contribution in [3.05, 3.63) is 11.9 Å². The Bertz CT molecular complexity index is 296. The van der Waals surface area contributed by atoms with E-state index in [0.29, 0.717) is 12.1 Å². The van der Waals surface area contributed by atoms with Gasteiger partial charge in [-0.25, -0.2) is 0 Å². The number of hydrogen-bond acceptors (Lipinski definition) is 4. The van der Waals surface area contributed by atoms with E-state index >= 15 is 0 Å². The fourth-order valence-electron chi connectivity index (χ4n) is 1.57. The first-order valence-corrected chi connectivity index (χ1v) is 6.01. The highest BCUT2D eigenvalue weighted by atomic mass is 16.3. The van der Waals surface area contributed by atoms with Crippen molar-refractivity contribution < 1.29 is 5.11 Å². The van der Waals surface area contributed by atoms with E-state index in [4.69, 9.17) is 0 Å². The van der Waals surface area contributed by atoms with Gasteiger partial charge < -0.3 is 10.0 Å². The van der Waals surface area contributed by atoms with E-state index < -0.39 is 6.10 Å². The summed E-state index contributed by atoms with van der Waals surface area (Å²) in [4.78, 5) is 2.33. The molecule has 5 nitrogen and oxygen atoms in total. The molecular formula is C11H22N4O. The Labute approximate surface area is 97.1 Å². The molecule has 0 aliphatic carbocycles. The zero-order chi connectivity index (χ0) is 12.0. The quantitative estimate of drug-likeness (QED) is 0.755. The van der Waals surface area contributed by atoms with Crippen molar-refractivity contribution in [1.29, 1.82) is 0 Å². The summed E-state index contributed by atoms with van der Waals surface area (Å²) in [6.07, 6.45) is 2.02. The summed E-state index contributed by atoms with van der Waals surface area (Å²) in [5.74, 6) is 0. The molecule has 5 heteroatoms. The average molecular weight is 226 g/mol. The van der Waals surface area contributed by atoms with Gasteiger partial charge in [0.2, 0.25) is 0 Å². The predicted molar refractivity (Wildman–Crippen MR) is 63.1 cm³/mol. The standard InChI is InChI=1S/C11H22N4O/c1-4-11(16)10-9-15(13-12-10)8-7-14(5-2)6-3/h9,11,16H,4-8H2,1-3H3. The maximum Gasteiger partial charge on any atom is 0.111 e. The van der Waals surface area contributed by atoms with Crippen LogP contribution < -0.4 is 0 Å². The SMILES string of the molecule is CCC(O)c1cn(CCN(CC)CC)nn1. The van der Waals surface area contributed by atoms with Crippen molar-refractivity contribution >= 4 is 0 Å². The minimum Gasteiger partial charge on any atom is -0.387 e. The van der Waals surface area contributed by atoms with Crippen molar-refractivity contribution in [1.82, 2.24) is 19.9 Å². The Balaban J connectivity index is 2.46. The Morgan fingerprint density at radius 2 is 2.06 bits per heavy atom. The maximum absolute atomic E-state index is 9.59. The van der Waals surface area contributed by atoms with E-state index in [2.05, 4.69) is 29.1 Å². The van der Waals surface area contributed by atoms with Crippen LogP contribution in [-0.2, 0) is 6.54 Å². The fourth-order valence-corrected chi connectivity index (χ4v) is 1.57. The summed E-state index contributed by atoms with van der Waals surface area (Å²) in [7, 11) is 0. The smallest absolute Gasteiger partial charge is 0.111 e. The zero-order valence-corrected chi connectivity index (χ0v) is 10.4. The number of rotatable bonds is 7. The maximum atomic E-state index is 9.59. The average Bonchev–Trinajstić information content (AvgIpc) is 2.78. The second kappa shape index (κ2) is 6.60. The third kappa shape index (κ3) is 3.57. The van der Waals surface area contributed by atoms with E-state index in [-0.39, 0.29) is 0 Å². The molecule has 1 atom stereocenters. The van der Waals surface area contributed by atoms with Crippen LogP contribution in [0.5, 0.6) is 0 Å². The molecule has 0 radical (unpaired) electrons. The fraction of sp³-hybridized carbons (Fsp3) is 0.818. The second-order valence-corrected chi connectivity index (χ2v) is 3.86. The van der Waals surface area contributed by atoms with Gasteiger partial charge in [-0.1, -0.05) is 26.0 Å². The van der Waals surface area contributed by atoms with E-state index in [0.717, 1.165) is 26.2 Å². The molecule has 0 amide bonds. The highest BCUT2D eigenvalue weighted by molar-refractivity contribution is 4.96. The molecule has 0 fully saturated rings. The van der Waals surface area contributed by atoms with Gasteiger partial charge in [-0.2, -0.15) is 0 Å². The lowest BCUT2D eigenvalue weighted by Gasteiger charge is -2.17. The highest BCUT2D eigenvalue weighted by Gasteiger charge is 2.09. The lowest BCUT2D eigenvalue weighted by Crippen LogP contribution is -2.27. The van der Waals surface area contributed by atoms with E-state index in [9.17, 15) is 5.11 Å². The molecule has 1 aromatic rings. The third-order valence-electron chi connectivity index (χ3n) is 2.82. The van der Waals surface area contributed by atoms with Gasteiger partial charge in [0, 0.05) is 6.54 Å². The van der Waals surface area contributed by atoms with Gasteiger partial charge in [0.05, 0.1) is 18.8 Å². The first-order valence-electron chi connectivity index (χ1n) is 6.01. The van der Waals surface area contributed by atoms with Crippen LogP contribution in [0, 0.1) is 0 Å². The summed E-state index contributed by atoms with van der Waals surface area (Å²) in [6.45, 7) is 10.1. The summed E-state index contributed by atoms with van der Waals surface area (Å²) in [5.41, 5.74) is 0.669. The van der Waals surface area contributed by atoms with Gasteiger partial charge in [0.15, 0.2) is 0 Å². The molecule has 0 saturated carbocycles. The minimum atomic E-state index is -0.484. The van der Waals surface area contributed by atoms with E-state index in [1.807, 2.05) is 13.1 Å². The molecule has 1 unspecified atom stereocenters. The van der Waals surface area contributed by atoms with Gasteiger partial charge in [0.25, 0.3) is 0 Å². The lowest BCUT2D eigenvalue weighted by atomic mass is 10.2. The van der Waals surface area contributed by atoms with Crippen molar-refractivity contribution in [2.45, 2.75) is 39.8 Å². The molecule has 0 spiro atoms. The van der Waals surface area contributed by atoms with Crippen LogP contribution in [-0.4, -0.2) is 44.6 Å². The summed E-state index contributed by atoms with van der Waals surface area (Å²) < 4.78 is 1.80. The molecule has 0 saturated heterocycles. The first kappa shape index (κ1) is 13.1. The molecule has 1 rings (SSSR count). The van der Waals surface area contributed by atoms with Gasteiger partial charge in [-0.15, -0.1) is 5.10 Å². The molecule has 16 heavy (non-hydrogen) atoms. The zero-order valence-electron chi connectivity index (χ0n) is 10.4. The third-order valence-corrected chi connectivity index (χ3v) is 2.82. The van der Waals surface area contributed by atoms with Crippen molar-refractivity contribution in [2.24, 2.45) is 0 Å². The van der Waals surface area contributed by atoms with Gasteiger partial charge in [-0.05, 0) is 19.5 Å². The van der Waals surface area contributed by atoms with Gasteiger partial charge in [0.1, 0.15) is 5.69 Å². The molecular weight excluding hydrogens is 204 g/mol. The lowest BCUT2D eigenvalue weighted by molar-refractivity contribution is 0.168. The van der Waals surface area contributed by atoms with Gasteiger partial charge in [-0.3, -0.25) is 4.68 Å². The van der Waals surface area contributed by atoms with Crippen LogP contribution in [0.2, 0.25) is 0 Å². The largest absolute Gasteiger partial charge is 0.387 e. The van der Waals surface area contributed by atoms with E-state index in [1.165, 1.54) is 0 Å². The predicted octanol–water partition coefficient (Wildman–Crippen LogP) is 1.06. The Hall–Kier alpha value is -0.940. The number of likely N-dealkylation sites (N-methyl/N-ethyl adjacent to an activating group) is 1. The Morgan fingerprint density at radius 3 is 2.62 bits per heavy atom. The van der Waals surface area contributed by atoms with Crippen molar-refractivity contribution in [3.8, 4) is 0 Å². The highest BCUT2D eigenvalue weighted by Crippen LogP contribution is 2.11. The van der Waals surface area contributed by atoms with E-state index in [1.54, 1.807) is 4.68 Å². The number of aliphatic hydroxyl groups excluding tert-OH is 1. The number of nitrogens with zero attached hydrogens (tertiary/aromatic N) is 4. The first-order chi connectivity index (χ1) is 7.71. The van der Waals surface area contributed by atoms with Crippen LogP contribution in [0.1, 0.15) is 39.0 Å². The molecule has 0 aliphatic rings. The summed E-state index contributed by atoms with van der Waals surface area (Å²) >= 11 is 0. The molecule has 92 valence electrons. The molecule has 0 bridgehead atoms. The normalized spacial score (nSPS) is 13.3. The minimum absolute atomic E-state index is 0.484. The molecule has 0 aromatic carbocycles. The second-order valence-electron chi connectivity index (χ2n) is 3.86.